The van der Waals surface area contributed by atoms with Gasteiger partial charge in [-0.1, -0.05) is 6.42 Å². The number of rotatable bonds is 5. The van der Waals surface area contributed by atoms with E-state index in [9.17, 15) is 0 Å². The molecule has 0 saturated heterocycles. The summed E-state index contributed by atoms with van der Waals surface area (Å²) >= 11 is 0. The summed E-state index contributed by atoms with van der Waals surface area (Å²) in [4.78, 5) is 11.1. The van der Waals surface area contributed by atoms with Gasteiger partial charge in [-0.25, -0.2) is 4.98 Å². The molecule has 1 aromatic heterocycles. The van der Waals surface area contributed by atoms with Gasteiger partial charge in [0.15, 0.2) is 0 Å². The monoisotopic (exact) mass is 250 g/mol. The average molecular weight is 250 g/mol. The molecule has 0 amide bonds. The molecule has 2 N–H and O–H groups in total. The quantitative estimate of drug-likeness (QED) is 0.856. The van der Waals surface area contributed by atoms with E-state index in [1.165, 1.54) is 19.3 Å². The van der Waals surface area contributed by atoms with Gasteiger partial charge in [0.2, 0.25) is 11.8 Å². The Morgan fingerprint density at radius 1 is 1.50 bits per heavy atom. The fourth-order valence-electron chi connectivity index (χ4n) is 2.81. The molecule has 0 aliphatic heterocycles. The molecule has 2 atom stereocenters. The van der Waals surface area contributed by atoms with Crippen LogP contribution in [0.3, 0.4) is 0 Å². The Morgan fingerprint density at radius 3 is 3.00 bits per heavy atom. The van der Waals surface area contributed by atoms with Crippen LogP contribution in [-0.2, 0) is 0 Å². The Hall–Kier alpha value is -1.36. The van der Waals surface area contributed by atoms with Gasteiger partial charge < -0.3 is 15.4 Å². The van der Waals surface area contributed by atoms with Crippen LogP contribution in [0.15, 0.2) is 12.3 Å². The predicted octanol–water partition coefficient (Wildman–Crippen LogP) is 1.44. The molecule has 0 bridgehead atoms. The van der Waals surface area contributed by atoms with Crippen LogP contribution in [0.25, 0.3) is 0 Å². The van der Waals surface area contributed by atoms with Crippen molar-refractivity contribution >= 4 is 5.95 Å². The maximum absolute atomic E-state index is 5.86. The molecule has 1 heterocycles. The summed E-state index contributed by atoms with van der Waals surface area (Å²) in [6.07, 6.45) is 5.38. The summed E-state index contributed by atoms with van der Waals surface area (Å²) in [6, 6.07) is 2.24. The SMILES string of the molecule is CCN(c1nccc(OC)n1)C1CCCC1CN. The number of nitrogens with zero attached hydrogens (tertiary/aromatic N) is 3. The molecule has 18 heavy (non-hydrogen) atoms. The Bertz CT molecular complexity index is 385. The van der Waals surface area contributed by atoms with Crippen molar-refractivity contribution in [3.8, 4) is 5.88 Å². The summed E-state index contributed by atoms with van der Waals surface area (Å²) in [7, 11) is 1.63. The van der Waals surface area contributed by atoms with Crippen molar-refractivity contribution in [2.24, 2.45) is 11.7 Å². The summed E-state index contributed by atoms with van der Waals surface area (Å²) in [5, 5.41) is 0. The molecule has 0 aromatic carbocycles. The lowest BCUT2D eigenvalue weighted by Crippen LogP contribution is -2.41. The zero-order chi connectivity index (χ0) is 13.0. The second kappa shape index (κ2) is 6.00. The van der Waals surface area contributed by atoms with Gasteiger partial charge in [0, 0.05) is 24.8 Å². The molecule has 1 aliphatic carbocycles. The van der Waals surface area contributed by atoms with E-state index < -0.39 is 0 Å². The average Bonchev–Trinajstić information content (AvgIpc) is 2.88. The van der Waals surface area contributed by atoms with Crippen LogP contribution in [0.4, 0.5) is 5.95 Å². The van der Waals surface area contributed by atoms with Gasteiger partial charge in [-0.05, 0) is 32.2 Å². The minimum atomic E-state index is 0.465. The van der Waals surface area contributed by atoms with Gasteiger partial charge in [-0.2, -0.15) is 4.98 Å². The number of nitrogens with two attached hydrogens (primary N) is 1. The van der Waals surface area contributed by atoms with Crippen molar-refractivity contribution in [1.29, 1.82) is 0 Å². The highest BCUT2D eigenvalue weighted by Crippen LogP contribution is 2.31. The van der Waals surface area contributed by atoms with Gasteiger partial charge in [0.05, 0.1) is 7.11 Å². The Morgan fingerprint density at radius 2 is 2.33 bits per heavy atom. The second-order valence-corrected chi connectivity index (χ2v) is 4.68. The van der Waals surface area contributed by atoms with Crippen LogP contribution in [0.2, 0.25) is 0 Å². The molecule has 0 radical (unpaired) electrons. The predicted molar refractivity (Wildman–Crippen MR) is 71.8 cm³/mol. The lowest BCUT2D eigenvalue weighted by atomic mass is 10.0. The van der Waals surface area contributed by atoms with Crippen molar-refractivity contribution in [2.45, 2.75) is 32.2 Å². The molecule has 1 fully saturated rings. The second-order valence-electron chi connectivity index (χ2n) is 4.68. The van der Waals surface area contributed by atoms with Crippen molar-refractivity contribution in [3.63, 3.8) is 0 Å². The van der Waals surface area contributed by atoms with Crippen LogP contribution in [-0.4, -0.2) is 36.2 Å². The molecule has 2 unspecified atom stereocenters. The zero-order valence-corrected chi connectivity index (χ0v) is 11.2. The van der Waals surface area contributed by atoms with E-state index in [1.807, 2.05) is 0 Å². The maximum Gasteiger partial charge on any atom is 0.228 e. The highest BCUT2D eigenvalue weighted by Gasteiger charge is 2.31. The number of anilines is 1. The normalized spacial score (nSPS) is 23.1. The van der Waals surface area contributed by atoms with Crippen LogP contribution in [0.5, 0.6) is 5.88 Å². The first-order chi connectivity index (χ1) is 8.80. The van der Waals surface area contributed by atoms with Crippen LogP contribution in [0.1, 0.15) is 26.2 Å². The Labute approximate surface area is 108 Å². The van der Waals surface area contributed by atoms with E-state index in [0.29, 0.717) is 17.8 Å². The van der Waals surface area contributed by atoms with Crippen LogP contribution < -0.4 is 15.4 Å². The fourth-order valence-corrected chi connectivity index (χ4v) is 2.81. The first kappa shape index (κ1) is 13.1. The fraction of sp³-hybridized carbons (Fsp3) is 0.692. The van der Waals surface area contributed by atoms with Crippen LogP contribution in [0, 0.1) is 5.92 Å². The van der Waals surface area contributed by atoms with Crippen molar-refractivity contribution < 1.29 is 4.74 Å². The summed E-state index contributed by atoms with van der Waals surface area (Å²) in [5.74, 6) is 1.92. The van der Waals surface area contributed by atoms with Gasteiger partial charge in [-0.15, -0.1) is 0 Å². The smallest absolute Gasteiger partial charge is 0.228 e. The molecule has 100 valence electrons. The van der Waals surface area contributed by atoms with E-state index >= 15 is 0 Å². The molecule has 5 nitrogen and oxygen atoms in total. The van der Waals surface area contributed by atoms with Gasteiger partial charge in [0.25, 0.3) is 0 Å². The van der Waals surface area contributed by atoms with Gasteiger partial charge in [-0.3, -0.25) is 0 Å². The summed E-state index contributed by atoms with van der Waals surface area (Å²) in [6.45, 7) is 3.77. The number of methoxy groups -OCH3 is 1. The first-order valence-electron chi connectivity index (χ1n) is 6.63. The standard InChI is InChI=1S/C13H22N4O/c1-3-17(11-6-4-5-10(11)9-14)13-15-8-7-12(16-13)18-2/h7-8,10-11H,3-6,9,14H2,1-2H3. The number of aromatic nitrogens is 2. The molecular weight excluding hydrogens is 228 g/mol. The van der Waals surface area contributed by atoms with E-state index in [4.69, 9.17) is 10.5 Å². The van der Waals surface area contributed by atoms with E-state index in [2.05, 4.69) is 21.8 Å². The van der Waals surface area contributed by atoms with Crippen molar-refractivity contribution in [3.05, 3.63) is 12.3 Å². The highest BCUT2D eigenvalue weighted by molar-refractivity contribution is 5.34. The minimum Gasteiger partial charge on any atom is -0.481 e. The van der Waals surface area contributed by atoms with Gasteiger partial charge in [0.1, 0.15) is 0 Å². The molecule has 5 heteroatoms. The third-order valence-electron chi connectivity index (χ3n) is 3.75. The van der Waals surface area contributed by atoms with E-state index in [1.54, 1.807) is 19.4 Å². The molecular formula is C13H22N4O. The number of hydrogen-bond donors (Lipinski definition) is 1. The molecule has 1 saturated carbocycles. The third kappa shape index (κ3) is 2.56. The summed E-state index contributed by atoms with van der Waals surface area (Å²) in [5.41, 5.74) is 5.86. The van der Waals surface area contributed by atoms with Crippen molar-refractivity contribution in [2.75, 3.05) is 25.1 Å². The van der Waals surface area contributed by atoms with E-state index in [-0.39, 0.29) is 0 Å². The van der Waals surface area contributed by atoms with Crippen LogP contribution >= 0.6 is 0 Å². The molecule has 1 aliphatic rings. The number of ether oxygens (including phenoxy) is 1. The lowest BCUT2D eigenvalue weighted by Gasteiger charge is -2.31. The highest BCUT2D eigenvalue weighted by atomic mass is 16.5. The number of hydrogen-bond acceptors (Lipinski definition) is 5. The molecule has 1 aromatic rings. The first-order valence-corrected chi connectivity index (χ1v) is 6.63. The Balaban J connectivity index is 2.21. The molecule has 2 rings (SSSR count). The maximum atomic E-state index is 5.86. The Kier molecular flexibility index (Phi) is 4.36. The van der Waals surface area contributed by atoms with E-state index in [0.717, 1.165) is 19.0 Å². The zero-order valence-electron chi connectivity index (χ0n) is 11.2. The van der Waals surface area contributed by atoms with Crippen molar-refractivity contribution in [1.82, 2.24) is 9.97 Å². The molecule has 0 spiro atoms. The van der Waals surface area contributed by atoms with Gasteiger partial charge >= 0.3 is 0 Å². The largest absolute Gasteiger partial charge is 0.481 e. The lowest BCUT2D eigenvalue weighted by molar-refractivity contribution is 0.394. The minimum absolute atomic E-state index is 0.465. The topological polar surface area (TPSA) is 64.3 Å². The third-order valence-corrected chi connectivity index (χ3v) is 3.75. The summed E-state index contributed by atoms with van der Waals surface area (Å²) < 4.78 is 5.16.